The summed E-state index contributed by atoms with van der Waals surface area (Å²) in [5.74, 6) is -1.01. The van der Waals surface area contributed by atoms with E-state index in [0.717, 1.165) is 12.8 Å². The molecule has 0 radical (unpaired) electrons. The first-order valence-electron chi connectivity index (χ1n) is 6.06. The minimum atomic E-state index is -3.47. The normalized spacial score (nSPS) is 15.4. The van der Waals surface area contributed by atoms with Gasteiger partial charge in [0.25, 0.3) is 10.2 Å². The van der Waals surface area contributed by atoms with E-state index in [1.54, 1.807) is 18.2 Å². The Bertz CT molecular complexity index is 567. The smallest absolute Gasteiger partial charge is 0.335 e. The summed E-state index contributed by atoms with van der Waals surface area (Å²) in [6.45, 7) is 0.173. The van der Waals surface area contributed by atoms with Gasteiger partial charge in [-0.05, 0) is 30.9 Å². The van der Waals surface area contributed by atoms with E-state index >= 15 is 0 Å². The predicted octanol–water partition coefficient (Wildman–Crippen LogP) is 0.514. The largest absolute Gasteiger partial charge is 0.478 e. The zero-order valence-electron chi connectivity index (χ0n) is 10.3. The average molecular weight is 284 g/mol. The van der Waals surface area contributed by atoms with Crippen molar-refractivity contribution in [2.75, 3.05) is 6.54 Å². The van der Waals surface area contributed by atoms with Gasteiger partial charge >= 0.3 is 5.97 Å². The predicted molar refractivity (Wildman–Crippen MR) is 70.2 cm³/mol. The molecule has 1 aromatic rings. The summed E-state index contributed by atoms with van der Waals surface area (Å²) in [5, 5.41) is 9.00. The Morgan fingerprint density at radius 3 is 2.63 bits per heavy atom. The van der Waals surface area contributed by atoms with Gasteiger partial charge in [0.15, 0.2) is 0 Å². The van der Waals surface area contributed by atoms with Crippen molar-refractivity contribution in [3.05, 3.63) is 35.4 Å². The molecule has 1 aliphatic rings. The topological polar surface area (TPSA) is 95.5 Å². The summed E-state index contributed by atoms with van der Waals surface area (Å²) >= 11 is 0. The van der Waals surface area contributed by atoms with E-state index in [1.165, 1.54) is 6.07 Å². The van der Waals surface area contributed by atoms with Crippen LogP contribution < -0.4 is 9.44 Å². The molecule has 0 unspecified atom stereocenters. The van der Waals surface area contributed by atoms with Crippen LogP contribution in [0.5, 0.6) is 0 Å². The molecule has 0 bridgehead atoms. The van der Waals surface area contributed by atoms with E-state index in [1.807, 2.05) is 0 Å². The lowest BCUT2D eigenvalue weighted by atomic mass is 10.1. The van der Waals surface area contributed by atoms with E-state index < -0.39 is 16.2 Å². The molecule has 0 aromatic heterocycles. The molecule has 6 nitrogen and oxygen atoms in total. The average Bonchev–Trinajstić information content (AvgIpc) is 3.12. The van der Waals surface area contributed by atoms with Gasteiger partial charge in [-0.1, -0.05) is 18.2 Å². The minimum absolute atomic E-state index is 0.0591. The Balaban J connectivity index is 1.90. The summed E-state index contributed by atoms with van der Waals surface area (Å²) < 4.78 is 28.0. The second kappa shape index (κ2) is 5.68. The summed E-state index contributed by atoms with van der Waals surface area (Å²) in [6.07, 6.45) is 2.10. The van der Waals surface area contributed by atoms with Crippen molar-refractivity contribution in [1.29, 1.82) is 0 Å². The maximum absolute atomic E-state index is 11.6. The molecule has 1 fully saturated rings. The standard InChI is InChI=1S/C12H16N2O4S/c15-12(16)11-4-2-1-3-9(11)7-8-13-19(17,18)14-10-5-6-10/h1-4,10,13-14H,5-8H2,(H,15,16). The highest BCUT2D eigenvalue weighted by Gasteiger charge is 2.26. The van der Waals surface area contributed by atoms with Gasteiger partial charge in [0.05, 0.1) is 5.56 Å². The Hall–Kier alpha value is -1.44. The molecule has 19 heavy (non-hydrogen) atoms. The first-order valence-corrected chi connectivity index (χ1v) is 7.54. The van der Waals surface area contributed by atoms with Gasteiger partial charge in [-0.3, -0.25) is 0 Å². The first kappa shape index (κ1) is 14.0. The second-order valence-electron chi connectivity index (χ2n) is 4.50. The van der Waals surface area contributed by atoms with Gasteiger partial charge in [-0.25, -0.2) is 9.52 Å². The zero-order chi connectivity index (χ0) is 13.9. The molecular weight excluding hydrogens is 268 g/mol. The van der Waals surface area contributed by atoms with Crippen LogP contribution in [0, 0.1) is 0 Å². The lowest BCUT2D eigenvalue weighted by Gasteiger charge is -2.08. The van der Waals surface area contributed by atoms with Crippen LogP contribution in [0.4, 0.5) is 0 Å². The minimum Gasteiger partial charge on any atom is -0.478 e. The fourth-order valence-electron chi connectivity index (χ4n) is 1.73. The van der Waals surface area contributed by atoms with Gasteiger partial charge in [-0.2, -0.15) is 13.1 Å². The fourth-order valence-corrected chi connectivity index (χ4v) is 2.86. The molecule has 0 spiro atoms. The highest BCUT2D eigenvalue weighted by atomic mass is 32.2. The number of aromatic carboxylic acids is 1. The molecule has 0 amide bonds. The second-order valence-corrected chi connectivity index (χ2v) is 6.03. The maximum Gasteiger partial charge on any atom is 0.335 e. The van der Waals surface area contributed by atoms with Crippen LogP contribution in [0.15, 0.2) is 24.3 Å². The van der Waals surface area contributed by atoms with E-state index in [0.29, 0.717) is 12.0 Å². The van der Waals surface area contributed by atoms with Crippen molar-refractivity contribution < 1.29 is 18.3 Å². The third kappa shape index (κ3) is 4.30. The van der Waals surface area contributed by atoms with Crippen molar-refractivity contribution >= 4 is 16.2 Å². The molecule has 104 valence electrons. The lowest BCUT2D eigenvalue weighted by molar-refractivity contribution is 0.0695. The number of carboxylic acid groups (broad SMARTS) is 1. The SMILES string of the molecule is O=C(O)c1ccccc1CCNS(=O)(=O)NC1CC1. The molecule has 1 saturated carbocycles. The number of hydrogen-bond acceptors (Lipinski definition) is 3. The lowest BCUT2D eigenvalue weighted by Crippen LogP contribution is -2.38. The molecule has 0 saturated heterocycles. The zero-order valence-corrected chi connectivity index (χ0v) is 11.1. The van der Waals surface area contributed by atoms with E-state index in [-0.39, 0.29) is 18.2 Å². The van der Waals surface area contributed by atoms with Crippen LogP contribution in [0.3, 0.4) is 0 Å². The van der Waals surface area contributed by atoms with Crippen molar-refractivity contribution in [1.82, 2.24) is 9.44 Å². The van der Waals surface area contributed by atoms with Crippen LogP contribution >= 0.6 is 0 Å². The highest BCUT2D eigenvalue weighted by molar-refractivity contribution is 7.87. The van der Waals surface area contributed by atoms with Crippen molar-refractivity contribution in [2.45, 2.75) is 25.3 Å². The number of benzene rings is 1. The Labute approximate surface area is 112 Å². The molecule has 0 atom stereocenters. The molecular formula is C12H16N2O4S. The Morgan fingerprint density at radius 1 is 1.32 bits per heavy atom. The van der Waals surface area contributed by atoms with Gasteiger partial charge in [0, 0.05) is 12.6 Å². The number of nitrogens with one attached hydrogen (secondary N) is 2. The van der Waals surface area contributed by atoms with Gasteiger partial charge in [0.2, 0.25) is 0 Å². The highest BCUT2D eigenvalue weighted by Crippen LogP contribution is 2.19. The van der Waals surface area contributed by atoms with E-state index in [4.69, 9.17) is 5.11 Å². The van der Waals surface area contributed by atoms with Crippen LogP contribution in [0.2, 0.25) is 0 Å². The first-order chi connectivity index (χ1) is 8.98. The van der Waals surface area contributed by atoms with Crippen molar-refractivity contribution in [3.8, 4) is 0 Å². The molecule has 0 aliphatic heterocycles. The van der Waals surface area contributed by atoms with E-state index in [9.17, 15) is 13.2 Å². The molecule has 0 heterocycles. The molecule has 1 aliphatic carbocycles. The van der Waals surface area contributed by atoms with Crippen LogP contribution in [0.25, 0.3) is 0 Å². The number of hydrogen-bond donors (Lipinski definition) is 3. The molecule has 7 heteroatoms. The van der Waals surface area contributed by atoms with Gasteiger partial charge in [0.1, 0.15) is 0 Å². The van der Waals surface area contributed by atoms with Gasteiger partial charge < -0.3 is 5.11 Å². The number of carboxylic acids is 1. The van der Waals surface area contributed by atoms with Crippen LogP contribution in [0.1, 0.15) is 28.8 Å². The monoisotopic (exact) mass is 284 g/mol. The number of carbonyl (C=O) groups is 1. The summed E-state index contributed by atoms with van der Waals surface area (Å²) in [7, 11) is -3.47. The van der Waals surface area contributed by atoms with Crippen molar-refractivity contribution in [3.63, 3.8) is 0 Å². The molecule has 1 aromatic carbocycles. The third-order valence-corrected chi connectivity index (χ3v) is 4.06. The maximum atomic E-state index is 11.6. The molecule has 3 N–H and O–H groups in total. The van der Waals surface area contributed by atoms with Crippen LogP contribution in [-0.2, 0) is 16.6 Å². The number of rotatable bonds is 7. The molecule has 2 rings (SSSR count). The Kier molecular flexibility index (Phi) is 4.18. The summed E-state index contributed by atoms with van der Waals surface area (Å²) in [4.78, 5) is 11.0. The summed E-state index contributed by atoms with van der Waals surface area (Å²) in [6, 6.07) is 6.63. The Morgan fingerprint density at radius 2 is 2.00 bits per heavy atom. The van der Waals surface area contributed by atoms with Gasteiger partial charge in [-0.15, -0.1) is 0 Å². The third-order valence-electron chi connectivity index (χ3n) is 2.83. The summed E-state index contributed by atoms with van der Waals surface area (Å²) in [5.41, 5.74) is 0.820. The fraction of sp³-hybridized carbons (Fsp3) is 0.417. The van der Waals surface area contributed by atoms with Crippen LogP contribution in [-0.4, -0.2) is 32.1 Å². The van der Waals surface area contributed by atoms with E-state index in [2.05, 4.69) is 9.44 Å². The van der Waals surface area contributed by atoms with Crippen molar-refractivity contribution in [2.24, 2.45) is 0 Å². The quantitative estimate of drug-likeness (QED) is 0.680.